The van der Waals surface area contributed by atoms with Gasteiger partial charge in [-0.3, -0.25) is 9.59 Å². The van der Waals surface area contributed by atoms with Crippen LogP contribution in [-0.2, 0) is 9.53 Å². The average Bonchev–Trinajstić information content (AvgIpc) is 3.13. The number of nitrogens with zero attached hydrogens (tertiary/aromatic N) is 1. The number of phenolic OH excluding ortho intramolecular Hbond substituents is 1. The number of benzene rings is 2. The number of aromatic hydroxyl groups is 1. The molecule has 0 aliphatic heterocycles. The van der Waals surface area contributed by atoms with E-state index in [1.165, 1.54) is 29.7 Å². The fourth-order valence-corrected chi connectivity index (χ4v) is 4.15. The molecule has 3 N–H and O–H groups in total. The first-order chi connectivity index (χ1) is 17.2. The first-order valence-corrected chi connectivity index (χ1v) is 12.0. The Balaban J connectivity index is 1.58. The lowest BCUT2D eigenvalue weighted by atomic mass is 10.1. The van der Waals surface area contributed by atoms with E-state index in [0.29, 0.717) is 27.4 Å². The fraction of sp³-hybridized carbons (Fsp3) is 0.231. The topological polar surface area (TPSA) is 126 Å². The number of carbonyl (C=O) groups is 3. The van der Waals surface area contributed by atoms with Crippen molar-refractivity contribution in [3.8, 4) is 11.5 Å². The maximum absolute atomic E-state index is 12.8. The van der Waals surface area contributed by atoms with Gasteiger partial charge in [0.05, 0.1) is 18.4 Å². The van der Waals surface area contributed by atoms with Crippen molar-refractivity contribution in [3.63, 3.8) is 0 Å². The minimum absolute atomic E-state index is 0.139. The molecule has 1 heterocycles. The van der Waals surface area contributed by atoms with E-state index >= 15 is 0 Å². The molecule has 1 aromatic heterocycles. The molecule has 2 aromatic carbocycles. The van der Waals surface area contributed by atoms with Gasteiger partial charge in [-0.1, -0.05) is 0 Å². The molecule has 0 fully saturated rings. The molecule has 0 spiro atoms. The Morgan fingerprint density at radius 3 is 2.39 bits per heavy atom. The van der Waals surface area contributed by atoms with Crippen molar-refractivity contribution < 1.29 is 29.0 Å². The number of hydrogen-bond donors (Lipinski definition) is 3. The number of nitrogens with one attached hydrogen (secondary N) is 2. The fourth-order valence-electron chi connectivity index (χ4n) is 3.10. The summed E-state index contributed by atoms with van der Waals surface area (Å²) in [7, 11) is 0. The summed E-state index contributed by atoms with van der Waals surface area (Å²) >= 11 is 1.31. The second-order valence-corrected chi connectivity index (χ2v) is 9.00. The van der Waals surface area contributed by atoms with Crippen LogP contribution in [0, 0.1) is 13.8 Å². The largest absolute Gasteiger partial charge is 0.508 e. The predicted molar refractivity (Wildman–Crippen MR) is 138 cm³/mol. The molecule has 0 saturated heterocycles. The molecule has 36 heavy (non-hydrogen) atoms. The van der Waals surface area contributed by atoms with E-state index in [4.69, 9.17) is 9.47 Å². The second-order valence-electron chi connectivity index (χ2n) is 7.77. The van der Waals surface area contributed by atoms with E-state index in [9.17, 15) is 19.5 Å². The number of aryl methyl sites for hydroxylation is 1. The number of esters is 1. The van der Waals surface area contributed by atoms with Crippen LogP contribution in [0.3, 0.4) is 0 Å². The minimum Gasteiger partial charge on any atom is -0.508 e. The van der Waals surface area contributed by atoms with E-state index in [-0.39, 0.29) is 18.3 Å². The molecule has 0 unspecified atom stereocenters. The Bertz CT molecular complexity index is 1270. The summed E-state index contributed by atoms with van der Waals surface area (Å²) < 4.78 is 10.8. The molecule has 0 aliphatic rings. The third-order valence-electron chi connectivity index (χ3n) is 5.17. The zero-order valence-electron chi connectivity index (χ0n) is 20.3. The van der Waals surface area contributed by atoms with Gasteiger partial charge in [0, 0.05) is 10.4 Å². The SMILES string of the molecule is CCOC(=O)c1c(NC(=O)c2ccc(O[C@H](C)C(=O)N/N=C\c3ccc(O)cc3)cc2)sc(C)c1C. The number of phenols is 1. The van der Waals surface area contributed by atoms with Crippen molar-refractivity contribution >= 4 is 40.3 Å². The van der Waals surface area contributed by atoms with Gasteiger partial charge >= 0.3 is 5.97 Å². The van der Waals surface area contributed by atoms with Crippen LogP contribution in [0.4, 0.5) is 5.00 Å². The van der Waals surface area contributed by atoms with Crippen LogP contribution < -0.4 is 15.5 Å². The van der Waals surface area contributed by atoms with Crippen molar-refractivity contribution in [2.24, 2.45) is 5.10 Å². The van der Waals surface area contributed by atoms with Crippen LogP contribution in [-0.4, -0.2) is 41.8 Å². The Hall–Kier alpha value is -4.18. The number of thiophene rings is 1. The number of hydrazone groups is 1. The lowest BCUT2D eigenvalue weighted by molar-refractivity contribution is -0.127. The molecule has 0 bridgehead atoms. The van der Waals surface area contributed by atoms with Crippen molar-refractivity contribution in [2.45, 2.75) is 33.8 Å². The van der Waals surface area contributed by atoms with Crippen LogP contribution >= 0.6 is 11.3 Å². The molecule has 10 heteroatoms. The Morgan fingerprint density at radius 2 is 1.75 bits per heavy atom. The highest BCUT2D eigenvalue weighted by Gasteiger charge is 2.22. The lowest BCUT2D eigenvalue weighted by Crippen LogP contribution is -2.33. The summed E-state index contributed by atoms with van der Waals surface area (Å²) in [5.74, 6) is -0.783. The van der Waals surface area contributed by atoms with E-state index in [1.54, 1.807) is 50.2 Å². The van der Waals surface area contributed by atoms with Crippen LogP contribution in [0.2, 0.25) is 0 Å². The number of ether oxygens (including phenoxy) is 2. The van der Waals surface area contributed by atoms with Crippen molar-refractivity contribution in [1.82, 2.24) is 5.43 Å². The molecule has 0 aliphatic carbocycles. The van der Waals surface area contributed by atoms with Gasteiger partial charge in [0.1, 0.15) is 16.5 Å². The summed E-state index contributed by atoms with van der Waals surface area (Å²) in [6, 6.07) is 12.6. The average molecular weight is 510 g/mol. The quantitative estimate of drug-likeness (QED) is 0.223. The third-order valence-corrected chi connectivity index (χ3v) is 6.29. The maximum Gasteiger partial charge on any atom is 0.341 e. The van der Waals surface area contributed by atoms with Gasteiger partial charge in [-0.2, -0.15) is 5.10 Å². The molecule has 1 atom stereocenters. The highest BCUT2D eigenvalue weighted by Crippen LogP contribution is 2.33. The Kier molecular flexibility index (Phi) is 8.80. The molecule has 3 aromatic rings. The van der Waals surface area contributed by atoms with Crippen LogP contribution in [0.5, 0.6) is 11.5 Å². The predicted octanol–water partition coefficient (Wildman–Crippen LogP) is 4.42. The van der Waals surface area contributed by atoms with Gasteiger partial charge < -0.3 is 19.9 Å². The summed E-state index contributed by atoms with van der Waals surface area (Å²) in [6.07, 6.45) is 0.604. The van der Waals surface area contributed by atoms with Gasteiger partial charge in [0.25, 0.3) is 11.8 Å². The van der Waals surface area contributed by atoms with Gasteiger partial charge in [0.2, 0.25) is 0 Å². The Labute approximate surface area is 212 Å². The van der Waals surface area contributed by atoms with Gasteiger partial charge in [0.15, 0.2) is 6.10 Å². The summed E-state index contributed by atoms with van der Waals surface area (Å²) in [5.41, 5.74) is 4.60. The molecule has 3 rings (SSSR count). The Morgan fingerprint density at radius 1 is 1.08 bits per heavy atom. The number of hydrogen-bond acceptors (Lipinski definition) is 8. The van der Waals surface area contributed by atoms with Gasteiger partial charge in [-0.05, 0) is 87.4 Å². The monoisotopic (exact) mass is 509 g/mol. The van der Waals surface area contributed by atoms with Gasteiger partial charge in [-0.15, -0.1) is 11.3 Å². The van der Waals surface area contributed by atoms with E-state index < -0.39 is 18.0 Å². The highest BCUT2D eigenvalue weighted by atomic mass is 32.1. The summed E-state index contributed by atoms with van der Waals surface area (Å²) in [4.78, 5) is 38.3. The molecule has 188 valence electrons. The van der Waals surface area contributed by atoms with Crippen LogP contribution in [0.25, 0.3) is 0 Å². The van der Waals surface area contributed by atoms with Gasteiger partial charge in [-0.25, -0.2) is 10.2 Å². The minimum atomic E-state index is -0.842. The number of rotatable bonds is 9. The number of anilines is 1. The molecule has 2 amide bonds. The van der Waals surface area contributed by atoms with E-state index in [2.05, 4.69) is 15.8 Å². The summed E-state index contributed by atoms with van der Waals surface area (Å²) in [6.45, 7) is 7.23. The molecular formula is C26H27N3O6S. The zero-order chi connectivity index (χ0) is 26.2. The first-order valence-electron chi connectivity index (χ1n) is 11.2. The van der Waals surface area contributed by atoms with E-state index in [0.717, 1.165) is 10.4 Å². The van der Waals surface area contributed by atoms with E-state index in [1.807, 2.05) is 13.8 Å². The van der Waals surface area contributed by atoms with Crippen LogP contribution in [0.15, 0.2) is 53.6 Å². The molecule has 0 saturated carbocycles. The molecular weight excluding hydrogens is 482 g/mol. The van der Waals surface area contributed by atoms with Crippen molar-refractivity contribution in [3.05, 3.63) is 75.7 Å². The van der Waals surface area contributed by atoms with Crippen LogP contribution in [0.1, 0.15) is 50.6 Å². The molecule has 9 nitrogen and oxygen atoms in total. The first kappa shape index (κ1) is 26.4. The second kappa shape index (κ2) is 12.0. The number of amides is 2. The highest BCUT2D eigenvalue weighted by molar-refractivity contribution is 7.16. The lowest BCUT2D eigenvalue weighted by Gasteiger charge is -2.13. The third kappa shape index (κ3) is 6.70. The maximum atomic E-state index is 12.8. The normalized spacial score (nSPS) is 11.7. The molecule has 0 radical (unpaired) electrons. The smallest absolute Gasteiger partial charge is 0.341 e. The number of carbonyl (C=O) groups excluding carboxylic acids is 3. The zero-order valence-corrected chi connectivity index (χ0v) is 21.1. The standard InChI is InChI=1S/C26H27N3O6S/c1-5-34-26(33)22-15(2)17(4)36-25(22)28-24(32)19-8-12-21(13-9-19)35-16(3)23(31)29-27-14-18-6-10-20(30)11-7-18/h6-14,16,30H,5H2,1-4H3,(H,28,32)(H,29,31)/b27-14-/t16-/m1/s1. The summed E-state index contributed by atoms with van der Waals surface area (Å²) in [5, 5.41) is 16.4. The van der Waals surface area contributed by atoms with Crippen molar-refractivity contribution in [1.29, 1.82) is 0 Å². The van der Waals surface area contributed by atoms with Crippen molar-refractivity contribution in [2.75, 3.05) is 11.9 Å².